The van der Waals surface area contributed by atoms with E-state index in [0.29, 0.717) is 11.6 Å². The summed E-state index contributed by atoms with van der Waals surface area (Å²) in [4.78, 5) is 2.12. The molecule has 2 aliphatic rings. The molecule has 0 saturated carbocycles. The highest BCUT2D eigenvalue weighted by molar-refractivity contribution is 6.30. The van der Waals surface area contributed by atoms with E-state index in [9.17, 15) is 5.11 Å². The van der Waals surface area contributed by atoms with Crippen LogP contribution in [0.25, 0.3) is 0 Å². The van der Waals surface area contributed by atoms with Crippen molar-refractivity contribution in [2.24, 2.45) is 0 Å². The minimum absolute atomic E-state index is 0. The smallest absolute Gasteiger partial charge is 0.275 e. The average Bonchev–Trinajstić information content (AvgIpc) is 2.74. The molecular formula is C20H22BrClN2O. The fraction of sp³-hybridized carbons (Fsp3) is 0.350. The Kier molecular flexibility index (Phi) is 5.52. The molecular weight excluding hydrogens is 400 g/mol. The van der Waals surface area contributed by atoms with E-state index in [1.54, 1.807) is 0 Å². The van der Waals surface area contributed by atoms with Gasteiger partial charge < -0.3 is 22.1 Å². The molecule has 0 aromatic heterocycles. The molecule has 0 aliphatic carbocycles. The van der Waals surface area contributed by atoms with E-state index in [0.717, 1.165) is 24.2 Å². The standard InChI is InChI=1S/C20H22ClN2O.BrH/c21-17-10-12-18(13-11-17)23-19-9-5-2-6-14-22(19)15-20(23,24)16-7-3-1-4-8-16;/h1,3-4,7-8,10-13,24H,2,5-6,9,14-15H2;1H/q+1;/p-1. The molecule has 5 heteroatoms. The van der Waals surface area contributed by atoms with E-state index in [2.05, 4.69) is 9.48 Å². The van der Waals surface area contributed by atoms with Gasteiger partial charge >= 0.3 is 0 Å². The van der Waals surface area contributed by atoms with Crippen LogP contribution in [0.5, 0.6) is 0 Å². The highest BCUT2D eigenvalue weighted by Crippen LogP contribution is 2.37. The van der Waals surface area contributed by atoms with Crippen LogP contribution in [0.4, 0.5) is 5.69 Å². The summed E-state index contributed by atoms with van der Waals surface area (Å²) in [5, 5.41) is 12.4. The average molecular weight is 422 g/mol. The molecule has 1 unspecified atom stereocenters. The molecule has 0 fully saturated rings. The van der Waals surface area contributed by atoms with Gasteiger partial charge in [-0.2, -0.15) is 4.90 Å². The Morgan fingerprint density at radius 2 is 1.68 bits per heavy atom. The molecule has 0 radical (unpaired) electrons. The lowest BCUT2D eigenvalue weighted by Crippen LogP contribution is -3.00. The number of benzene rings is 2. The molecule has 1 atom stereocenters. The zero-order chi connectivity index (χ0) is 16.6. The number of anilines is 1. The number of nitrogens with zero attached hydrogens (tertiary/aromatic N) is 2. The third kappa shape index (κ3) is 3.35. The lowest BCUT2D eigenvalue weighted by Gasteiger charge is -2.29. The lowest BCUT2D eigenvalue weighted by atomic mass is 10.00. The van der Waals surface area contributed by atoms with Gasteiger partial charge in [0.1, 0.15) is 5.69 Å². The van der Waals surface area contributed by atoms with Crippen LogP contribution in [0.15, 0.2) is 54.6 Å². The molecule has 132 valence electrons. The minimum Gasteiger partial charge on any atom is -1.00 e. The van der Waals surface area contributed by atoms with Gasteiger partial charge in [-0.3, -0.25) is 4.58 Å². The fourth-order valence-corrected chi connectivity index (χ4v) is 4.03. The summed E-state index contributed by atoms with van der Waals surface area (Å²) in [5.41, 5.74) is 0.882. The zero-order valence-electron chi connectivity index (χ0n) is 14.0. The number of aliphatic hydroxyl groups is 1. The molecule has 4 rings (SSSR count). The monoisotopic (exact) mass is 420 g/mol. The number of halogens is 2. The third-order valence-corrected chi connectivity index (χ3v) is 5.31. The van der Waals surface area contributed by atoms with Crippen LogP contribution in [0, 0.1) is 0 Å². The first kappa shape index (κ1) is 18.4. The molecule has 2 aromatic rings. The summed E-state index contributed by atoms with van der Waals surface area (Å²) in [6.07, 6.45) is 4.60. The second-order valence-electron chi connectivity index (χ2n) is 6.64. The van der Waals surface area contributed by atoms with E-state index in [1.165, 1.54) is 25.1 Å². The predicted molar refractivity (Wildman–Crippen MR) is 97.7 cm³/mol. The highest BCUT2D eigenvalue weighted by Gasteiger charge is 2.53. The summed E-state index contributed by atoms with van der Waals surface area (Å²) >= 11 is 6.07. The van der Waals surface area contributed by atoms with Gasteiger partial charge in [-0.15, -0.1) is 0 Å². The Labute approximate surface area is 164 Å². The molecule has 25 heavy (non-hydrogen) atoms. The van der Waals surface area contributed by atoms with Gasteiger partial charge in [0.05, 0.1) is 6.54 Å². The van der Waals surface area contributed by atoms with E-state index in [4.69, 9.17) is 11.6 Å². The SMILES string of the molecule is OC1(c2ccccc2)C[N+]2=C(CCCCC2)N1c1ccc(Cl)cc1.[Br-]. The predicted octanol–water partition coefficient (Wildman–Crippen LogP) is 0.994. The van der Waals surface area contributed by atoms with Crippen molar-refractivity contribution in [1.82, 2.24) is 0 Å². The quantitative estimate of drug-likeness (QED) is 0.732. The maximum atomic E-state index is 11.7. The first-order chi connectivity index (χ1) is 11.7. The molecule has 3 nitrogen and oxygen atoms in total. The molecule has 0 amide bonds. The van der Waals surface area contributed by atoms with Crippen molar-refractivity contribution in [1.29, 1.82) is 0 Å². The van der Waals surface area contributed by atoms with Crippen LogP contribution in [0.2, 0.25) is 5.02 Å². The summed E-state index contributed by atoms with van der Waals surface area (Å²) in [6, 6.07) is 17.8. The van der Waals surface area contributed by atoms with Crippen molar-refractivity contribution >= 4 is 23.1 Å². The van der Waals surface area contributed by atoms with Crippen molar-refractivity contribution in [3.8, 4) is 0 Å². The second kappa shape index (κ2) is 7.48. The van der Waals surface area contributed by atoms with Gasteiger partial charge in [-0.1, -0.05) is 41.9 Å². The third-order valence-electron chi connectivity index (χ3n) is 5.05. The van der Waals surface area contributed by atoms with Crippen molar-refractivity contribution in [2.45, 2.75) is 31.4 Å². The van der Waals surface area contributed by atoms with Gasteiger partial charge in [0.2, 0.25) is 0 Å². The Balaban J connectivity index is 0.00000182. The largest absolute Gasteiger partial charge is 1.00 e. The van der Waals surface area contributed by atoms with Crippen LogP contribution < -0.4 is 21.9 Å². The van der Waals surface area contributed by atoms with E-state index < -0.39 is 5.72 Å². The van der Waals surface area contributed by atoms with Crippen molar-refractivity contribution in [3.05, 3.63) is 65.2 Å². The molecule has 0 saturated heterocycles. The fourth-order valence-electron chi connectivity index (χ4n) is 3.90. The van der Waals surface area contributed by atoms with Crippen molar-refractivity contribution < 1.29 is 26.7 Å². The van der Waals surface area contributed by atoms with Crippen LogP contribution in [-0.2, 0) is 5.72 Å². The van der Waals surface area contributed by atoms with Gasteiger partial charge in [0.25, 0.3) is 11.6 Å². The van der Waals surface area contributed by atoms with Gasteiger partial charge in [0, 0.05) is 17.0 Å². The number of hydrogen-bond acceptors (Lipinski definition) is 2. The van der Waals surface area contributed by atoms with Crippen LogP contribution in [0.1, 0.15) is 31.2 Å². The maximum Gasteiger partial charge on any atom is 0.275 e. The first-order valence-electron chi connectivity index (χ1n) is 8.63. The Morgan fingerprint density at radius 1 is 0.960 bits per heavy atom. The Bertz CT molecular complexity index is 763. The molecule has 0 spiro atoms. The number of amidine groups is 1. The molecule has 2 heterocycles. The van der Waals surface area contributed by atoms with Crippen molar-refractivity contribution in [3.63, 3.8) is 0 Å². The minimum atomic E-state index is -1.04. The topological polar surface area (TPSA) is 26.5 Å². The maximum absolute atomic E-state index is 11.7. The normalized spacial score (nSPS) is 23.0. The second-order valence-corrected chi connectivity index (χ2v) is 7.08. The Morgan fingerprint density at radius 3 is 2.40 bits per heavy atom. The molecule has 2 aliphatic heterocycles. The van der Waals surface area contributed by atoms with Crippen molar-refractivity contribution in [2.75, 3.05) is 18.0 Å². The number of hydrogen-bond donors (Lipinski definition) is 1. The molecule has 2 aromatic carbocycles. The van der Waals surface area contributed by atoms with Gasteiger partial charge in [-0.05, 0) is 43.5 Å². The summed E-state index contributed by atoms with van der Waals surface area (Å²) < 4.78 is 2.36. The Hall–Kier alpha value is -1.36. The van der Waals surface area contributed by atoms with Crippen LogP contribution in [0.3, 0.4) is 0 Å². The zero-order valence-corrected chi connectivity index (χ0v) is 16.4. The van der Waals surface area contributed by atoms with Crippen LogP contribution >= 0.6 is 11.6 Å². The van der Waals surface area contributed by atoms with Gasteiger partial charge in [-0.25, -0.2) is 0 Å². The lowest BCUT2D eigenvalue weighted by molar-refractivity contribution is -0.534. The molecule has 1 N–H and O–H groups in total. The van der Waals surface area contributed by atoms with E-state index in [-0.39, 0.29) is 17.0 Å². The van der Waals surface area contributed by atoms with E-state index in [1.807, 2.05) is 54.6 Å². The first-order valence-corrected chi connectivity index (χ1v) is 9.01. The van der Waals surface area contributed by atoms with Gasteiger partial charge in [0.15, 0.2) is 6.54 Å². The summed E-state index contributed by atoms with van der Waals surface area (Å²) in [5.74, 6) is 1.22. The summed E-state index contributed by atoms with van der Waals surface area (Å²) in [6.45, 7) is 1.61. The van der Waals surface area contributed by atoms with Crippen LogP contribution in [-0.4, -0.2) is 28.6 Å². The molecule has 0 bridgehead atoms. The number of rotatable bonds is 2. The highest BCUT2D eigenvalue weighted by atomic mass is 79.9. The summed E-state index contributed by atoms with van der Waals surface area (Å²) in [7, 11) is 0. The van der Waals surface area contributed by atoms with E-state index >= 15 is 0 Å².